The van der Waals surface area contributed by atoms with Crippen LogP contribution in [-0.4, -0.2) is 47.5 Å². The predicted octanol–water partition coefficient (Wildman–Crippen LogP) is 1.28. The number of tetrazole rings is 1. The monoisotopic (exact) mass is 395 g/mol. The summed E-state index contributed by atoms with van der Waals surface area (Å²) < 4.78 is 1.50. The maximum Gasteiger partial charge on any atom is 0.256 e. The number of pyridine rings is 1. The van der Waals surface area contributed by atoms with E-state index in [1.807, 2.05) is 30.3 Å². The summed E-state index contributed by atoms with van der Waals surface area (Å²) in [5, 5.41) is 28.0. The van der Waals surface area contributed by atoms with Crippen molar-refractivity contribution in [2.75, 3.05) is 5.32 Å². The Hall–Kier alpha value is -3.66. The van der Waals surface area contributed by atoms with E-state index < -0.39 is 11.5 Å². The number of carbonyl (C=O) groups excluding carboxylic acids is 1. The highest BCUT2D eigenvalue weighted by molar-refractivity contribution is 6.10. The lowest BCUT2D eigenvalue weighted by atomic mass is 10.1. The molecule has 0 atom stereocenters. The second-order valence-electron chi connectivity index (χ2n) is 6.73. The van der Waals surface area contributed by atoms with E-state index in [4.69, 9.17) is 4.84 Å². The smallest absolute Gasteiger partial charge is 0.256 e. The second kappa shape index (κ2) is 8.57. The number of hydrogen-bond donors (Lipinski definition) is 2. The van der Waals surface area contributed by atoms with Crippen LogP contribution in [0.1, 0.15) is 30.9 Å². The Morgan fingerprint density at radius 2 is 1.97 bits per heavy atom. The lowest BCUT2D eigenvalue weighted by molar-refractivity contribution is -0.130. The van der Waals surface area contributed by atoms with Gasteiger partial charge in [-0.2, -0.15) is 0 Å². The summed E-state index contributed by atoms with van der Waals surface area (Å²) in [5.41, 5.74) is 0.313. The molecule has 10 nitrogen and oxygen atoms in total. The maximum atomic E-state index is 11.9. The highest BCUT2D eigenvalue weighted by atomic mass is 16.6. The minimum Gasteiger partial charge on any atom is -0.389 e. The normalized spacial score (nSPS) is 11.9. The van der Waals surface area contributed by atoms with Gasteiger partial charge in [0.15, 0.2) is 12.3 Å². The number of nitrogens with zero attached hydrogens (tertiary/aromatic N) is 6. The van der Waals surface area contributed by atoms with Gasteiger partial charge in [-0.15, -0.1) is 5.10 Å². The van der Waals surface area contributed by atoms with Gasteiger partial charge in [-0.05, 0) is 36.4 Å². The number of rotatable bonds is 7. The summed E-state index contributed by atoms with van der Waals surface area (Å²) in [5.74, 6) is 0.209. The van der Waals surface area contributed by atoms with E-state index in [1.165, 1.54) is 18.5 Å². The minimum absolute atomic E-state index is 0.0633. The number of aliphatic hydroxyl groups is 1. The van der Waals surface area contributed by atoms with Crippen LogP contribution in [0.15, 0.2) is 53.7 Å². The Balaban J connectivity index is 1.76. The molecular formula is C19H21N7O3. The van der Waals surface area contributed by atoms with Crippen LogP contribution in [0.4, 0.5) is 5.82 Å². The van der Waals surface area contributed by atoms with Gasteiger partial charge in [-0.3, -0.25) is 4.79 Å². The Morgan fingerprint density at radius 3 is 2.62 bits per heavy atom. The molecule has 150 valence electrons. The van der Waals surface area contributed by atoms with Gasteiger partial charge in [-0.25, -0.2) is 9.67 Å². The zero-order valence-electron chi connectivity index (χ0n) is 16.3. The number of oxime groups is 1. The van der Waals surface area contributed by atoms with Crippen molar-refractivity contribution >= 4 is 17.4 Å². The summed E-state index contributed by atoms with van der Waals surface area (Å²) in [6.45, 7) is 2.86. The molecule has 2 N–H and O–H groups in total. The molecule has 0 aliphatic carbocycles. The molecule has 0 radical (unpaired) electrons. The van der Waals surface area contributed by atoms with Gasteiger partial charge in [0.1, 0.15) is 11.4 Å². The van der Waals surface area contributed by atoms with E-state index in [2.05, 4.69) is 31.0 Å². The summed E-state index contributed by atoms with van der Waals surface area (Å²) in [6.07, 6.45) is 0. The molecule has 3 rings (SSSR count). The van der Waals surface area contributed by atoms with Crippen LogP contribution in [0.3, 0.4) is 0 Å². The molecule has 29 heavy (non-hydrogen) atoms. The topological polar surface area (TPSA) is 127 Å². The molecule has 0 saturated heterocycles. The highest BCUT2D eigenvalue weighted by Gasteiger charge is 2.24. The number of amides is 1. The molecular weight excluding hydrogens is 374 g/mol. The highest BCUT2D eigenvalue weighted by Crippen LogP contribution is 2.12. The van der Waals surface area contributed by atoms with E-state index in [0.29, 0.717) is 23.0 Å². The van der Waals surface area contributed by atoms with E-state index in [1.54, 1.807) is 25.2 Å². The van der Waals surface area contributed by atoms with Gasteiger partial charge < -0.3 is 15.3 Å². The minimum atomic E-state index is -1.51. The Kier molecular flexibility index (Phi) is 5.93. The van der Waals surface area contributed by atoms with Gasteiger partial charge >= 0.3 is 0 Å². The van der Waals surface area contributed by atoms with Gasteiger partial charge in [-0.1, -0.05) is 41.6 Å². The first-order chi connectivity index (χ1) is 13.8. The Morgan fingerprint density at radius 1 is 1.21 bits per heavy atom. The van der Waals surface area contributed by atoms with Crippen molar-refractivity contribution in [3.63, 3.8) is 0 Å². The van der Waals surface area contributed by atoms with Crippen molar-refractivity contribution in [2.45, 2.75) is 26.1 Å². The standard InChI is InChI=1S/C19H21N7O3/c1-19(2,28)18(27)21-15-11-7-10-14(20-15)12-29-23-16(13-8-5-4-6-9-13)17-22-24-25-26(17)3/h4-11,28H,12H2,1-3H3,(H,20,21,27). The first kappa shape index (κ1) is 20.1. The molecule has 0 aliphatic heterocycles. The Labute approximate surface area is 167 Å². The molecule has 2 heterocycles. The molecule has 0 aliphatic rings. The van der Waals surface area contributed by atoms with Crippen molar-refractivity contribution in [3.05, 3.63) is 65.6 Å². The van der Waals surface area contributed by atoms with E-state index in [-0.39, 0.29) is 6.61 Å². The summed E-state index contributed by atoms with van der Waals surface area (Å²) in [6, 6.07) is 14.5. The molecule has 1 amide bonds. The number of nitrogens with one attached hydrogen (secondary N) is 1. The third kappa shape index (κ3) is 5.20. The van der Waals surface area contributed by atoms with Crippen molar-refractivity contribution in [1.82, 2.24) is 25.2 Å². The fraction of sp³-hybridized carbons (Fsp3) is 0.263. The number of benzene rings is 1. The van der Waals surface area contributed by atoms with Crippen LogP contribution in [-0.2, 0) is 23.3 Å². The summed E-state index contributed by atoms with van der Waals surface area (Å²) in [4.78, 5) is 21.7. The van der Waals surface area contributed by atoms with Crippen LogP contribution in [0.2, 0.25) is 0 Å². The number of carbonyl (C=O) groups is 1. The zero-order chi connectivity index (χ0) is 20.9. The van der Waals surface area contributed by atoms with Crippen molar-refractivity contribution < 1.29 is 14.7 Å². The van der Waals surface area contributed by atoms with Gasteiger partial charge in [0.2, 0.25) is 5.82 Å². The van der Waals surface area contributed by atoms with Crippen LogP contribution in [0, 0.1) is 0 Å². The van der Waals surface area contributed by atoms with E-state index in [0.717, 1.165) is 5.56 Å². The van der Waals surface area contributed by atoms with Crippen LogP contribution in [0.25, 0.3) is 0 Å². The second-order valence-corrected chi connectivity index (χ2v) is 6.73. The number of aromatic nitrogens is 5. The average molecular weight is 395 g/mol. The molecule has 0 bridgehead atoms. The molecule has 1 aromatic carbocycles. The predicted molar refractivity (Wildman–Crippen MR) is 105 cm³/mol. The molecule has 3 aromatic rings. The van der Waals surface area contributed by atoms with Crippen LogP contribution >= 0.6 is 0 Å². The molecule has 2 aromatic heterocycles. The van der Waals surface area contributed by atoms with Crippen molar-refractivity contribution in [3.8, 4) is 0 Å². The SMILES string of the molecule is Cn1nnnc1C(=NOCc1cccc(NC(=O)C(C)(C)O)n1)c1ccccc1. The maximum absolute atomic E-state index is 11.9. The first-order valence-corrected chi connectivity index (χ1v) is 8.82. The number of anilines is 1. The van der Waals surface area contributed by atoms with E-state index in [9.17, 15) is 9.90 Å². The molecule has 10 heteroatoms. The molecule has 0 unspecified atom stereocenters. The molecule has 0 fully saturated rings. The lowest BCUT2D eigenvalue weighted by Crippen LogP contribution is -2.36. The van der Waals surface area contributed by atoms with E-state index >= 15 is 0 Å². The van der Waals surface area contributed by atoms with Crippen molar-refractivity contribution in [2.24, 2.45) is 12.2 Å². The number of aryl methyl sites for hydroxylation is 1. The largest absolute Gasteiger partial charge is 0.389 e. The first-order valence-electron chi connectivity index (χ1n) is 8.82. The van der Waals surface area contributed by atoms with Gasteiger partial charge in [0.25, 0.3) is 5.91 Å². The lowest BCUT2D eigenvalue weighted by Gasteiger charge is -2.16. The molecule has 0 saturated carbocycles. The van der Waals surface area contributed by atoms with Crippen LogP contribution in [0.5, 0.6) is 0 Å². The third-order valence-corrected chi connectivity index (χ3v) is 3.85. The zero-order valence-corrected chi connectivity index (χ0v) is 16.3. The van der Waals surface area contributed by atoms with Crippen molar-refractivity contribution in [1.29, 1.82) is 0 Å². The van der Waals surface area contributed by atoms with Gasteiger partial charge in [0, 0.05) is 12.6 Å². The number of hydrogen-bond acceptors (Lipinski definition) is 8. The van der Waals surface area contributed by atoms with Crippen LogP contribution < -0.4 is 5.32 Å². The molecule has 0 spiro atoms. The fourth-order valence-electron chi connectivity index (χ4n) is 2.31. The quantitative estimate of drug-likeness (QED) is 0.456. The summed E-state index contributed by atoms with van der Waals surface area (Å²) >= 11 is 0. The summed E-state index contributed by atoms with van der Waals surface area (Å²) in [7, 11) is 1.71. The average Bonchev–Trinajstić information content (AvgIpc) is 3.11. The Bertz CT molecular complexity index is 1010. The van der Waals surface area contributed by atoms with Gasteiger partial charge in [0.05, 0.1) is 5.69 Å². The fourth-order valence-corrected chi connectivity index (χ4v) is 2.31. The third-order valence-electron chi connectivity index (χ3n) is 3.85.